The van der Waals surface area contributed by atoms with Crippen molar-refractivity contribution in [1.82, 2.24) is 19.7 Å². The molecule has 0 spiro atoms. The Morgan fingerprint density at radius 3 is 2.92 bits per heavy atom. The van der Waals surface area contributed by atoms with Crippen LogP contribution in [0.4, 0.5) is 5.82 Å². The molecule has 6 heteroatoms. The summed E-state index contributed by atoms with van der Waals surface area (Å²) in [5.74, 6) is 1.73. The van der Waals surface area contributed by atoms with Gasteiger partial charge in [0, 0.05) is 13.6 Å². The van der Waals surface area contributed by atoms with Crippen molar-refractivity contribution in [1.29, 1.82) is 0 Å². The zero-order valence-corrected chi connectivity index (χ0v) is 14.9. The molecule has 1 aliphatic carbocycles. The topological polar surface area (TPSA) is 63.9 Å². The average molecular weight is 347 g/mol. The van der Waals surface area contributed by atoms with Crippen molar-refractivity contribution in [3.05, 3.63) is 57.8 Å². The third-order valence-electron chi connectivity index (χ3n) is 5.67. The van der Waals surface area contributed by atoms with E-state index in [0.29, 0.717) is 5.39 Å². The van der Waals surface area contributed by atoms with Crippen LogP contribution in [0.15, 0.2) is 35.1 Å². The molecule has 1 fully saturated rings. The molecule has 1 aliphatic heterocycles. The molecule has 0 amide bonds. The molecule has 132 valence electrons. The lowest BCUT2D eigenvalue weighted by Crippen LogP contribution is -2.31. The zero-order chi connectivity index (χ0) is 17.7. The highest BCUT2D eigenvalue weighted by Crippen LogP contribution is 2.35. The summed E-state index contributed by atoms with van der Waals surface area (Å²) in [4.78, 5) is 19.9. The molecule has 0 N–H and O–H groups in total. The summed E-state index contributed by atoms with van der Waals surface area (Å²) in [6.07, 6.45) is 5.32. The Kier molecular flexibility index (Phi) is 3.51. The summed E-state index contributed by atoms with van der Waals surface area (Å²) in [7, 11) is 1.82. The smallest absolute Gasteiger partial charge is 0.261 e. The van der Waals surface area contributed by atoms with E-state index in [1.165, 1.54) is 5.56 Å². The maximum absolute atomic E-state index is 12.8. The molecule has 2 aromatic heterocycles. The number of hydrogen-bond donors (Lipinski definition) is 0. The van der Waals surface area contributed by atoms with Gasteiger partial charge in [0.1, 0.15) is 5.82 Å². The van der Waals surface area contributed by atoms with Crippen LogP contribution >= 0.6 is 0 Å². The van der Waals surface area contributed by atoms with Crippen molar-refractivity contribution in [2.45, 2.75) is 38.1 Å². The average Bonchev–Trinajstić information content (AvgIpc) is 3.33. The Bertz CT molecular complexity index is 1060. The van der Waals surface area contributed by atoms with E-state index in [0.717, 1.165) is 61.5 Å². The van der Waals surface area contributed by atoms with Gasteiger partial charge in [0.2, 0.25) is 0 Å². The first kappa shape index (κ1) is 15.5. The van der Waals surface area contributed by atoms with Gasteiger partial charge in [-0.15, -0.1) is 5.10 Å². The molecule has 1 saturated heterocycles. The fraction of sp³-hybridized carbons (Fsp3) is 0.400. The van der Waals surface area contributed by atoms with Crippen LogP contribution in [0.2, 0.25) is 0 Å². The van der Waals surface area contributed by atoms with Gasteiger partial charge in [0.25, 0.3) is 5.56 Å². The third kappa shape index (κ3) is 2.32. The molecule has 0 saturated carbocycles. The molecule has 0 bridgehead atoms. The Morgan fingerprint density at radius 2 is 2.00 bits per heavy atom. The molecule has 3 aromatic rings. The summed E-state index contributed by atoms with van der Waals surface area (Å²) in [6.45, 7) is 0.917. The Balaban J connectivity index is 1.60. The Labute approximate surface area is 151 Å². The summed E-state index contributed by atoms with van der Waals surface area (Å²) in [5, 5.41) is 9.59. The molecule has 1 atom stereocenters. The van der Waals surface area contributed by atoms with Crippen molar-refractivity contribution in [3.63, 3.8) is 0 Å². The molecule has 3 heterocycles. The fourth-order valence-electron chi connectivity index (χ4n) is 4.30. The zero-order valence-electron chi connectivity index (χ0n) is 14.9. The second-order valence-corrected chi connectivity index (χ2v) is 7.23. The van der Waals surface area contributed by atoms with Crippen LogP contribution in [0.25, 0.3) is 10.9 Å². The third-order valence-corrected chi connectivity index (χ3v) is 5.67. The maximum Gasteiger partial charge on any atom is 0.261 e. The number of fused-ring (bicyclic) bond motifs is 2. The van der Waals surface area contributed by atoms with E-state index >= 15 is 0 Å². The molecule has 1 unspecified atom stereocenters. The minimum absolute atomic E-state index is 0.0116. The number of hydrogen-bond acceptors (Lipinski definition) is 5. The van der Waals surface area contributed by atoms with Crippen LogP contribution in [0.5, 0.6) is 0 Å². The maximum atomic E-state index is 12.8. The molecular formula is C20H21N5O. The number of para-hydroxylation sites is 1. The number of rotatable bonds is 2. The van der Waals surface area contributed by atoms with Crippen LogP contribution in [0, 0.1) is 0 Å². The second-order valence-electron chi connectivity index (χ2n) is 7.23. The Hall–Kier alpha value is -2.76. The van der Waals surface area contributed by atoms with Crippen LogP contribution in [-0.2, 0) is 19.9 Å². The van der Waals surface area contributed by atoms with Gasteiger partial charge in [0.05, 0.1) is 22.6 Å². The number of anilines is 1. The van der Waals surface area contributed by atoms with E-state index < -0.39 is 0 Å². The number of aryl methyl sites for hydroxylation is 2. The lowest BCUT2D eigenvalue weighted by Gasteiger charge is -2.26. The van der Waals surface area contributed by atoms with E-state index in [-0.39, 0.29) is 11.6 Å². The lowest BCUT2D eigenvalue weighted by atomic mass is 10.1. The molecule has 6 nitrogen and oxygen atoms in total. The van der Waals surface area contributed by atoms with Crippen molar-refractivity contribution in [3.8, 4) is 0 Å². The number of benzene rings is 1. The van der Waals surface area contributed by atoms with Gasteiger partial charge in [0.15, 0.2) is 5.82 Å². The van der Waals surface area contributed by atoms with Gasteiger partial charge in [-0.1, -0.05) is 12.1 Å². The van der Waals surface area contributed by atoms with E-state index in [1.54, 1.807) is 4.57 Å². The highest BCUT2D eigenvalue weighted by Gasteiger charge is 2.31. The van der Waals surface area contributed by atoms with Gasteiger partial charge >= 0.3 is 0 Å². The van der Waals surface area contributed by atoms with Gasteiger partial charge in [-0.3, -0.25) is 9.36 Å². The first-order valence-corrected chi connectivity index (χ1v) is 9.30. The second kappa shape index (κ2) is 5.90. The summed E-state index contributed by atoms with van der Waals surface area (Å²) in [5.41, 5.74) is 3.23. The van der Waals surface area contributed by atoms with E-state index in [9.17, 15) is 4.79 Å². The van der Waals surface area contributed by atoms with Crippen molar-refractivity contribution in [2.24, 2.45) is 7.05 Å². The molecule has 5 rings (SSSR count). The summed E-state index contributed by atoms with van der Waals surface area (Å²) >= 11 is 0. The van der Waals surface area contributed by atoms with Gasteiger partial charge in [-0.05, 0) is 55.9 Å². The van der Waals surface area contributed by atoms with Gasteiger partial charge in [-0.25, -0.2) is 4.98 Å². The standard InChI is InChI=1S/C20H21N5O/c1-24-19(21-16-8-3-2-7-14(16)20(24)26)17-10-5-11-25(17)18-12-13-6-4-9-15(13)22-23-18/h2-3,7-8,12,17H,4-6,9-11H2,1H3. The van der Waals surface area contributed by atoms with E-state index in [4.69, 9.17) is 4.98 Å². The van der Waals surface area contributed by atoms with Crippen molar-refractivity contribution in [2.75, 3.05) is 11.4 Å². The largest absolute Gasteiger partial charge is 0.345 e. The Morgan fingerprint density at radius 1 is 1.12 bits per heavy atom. The normalized spacial score (nSPS) is 19.3. The van der Waals surface area contributed by atoms with E-state index in [2.05, 4.69) is 21.2 Å². The minimum Gasteiger partial charge on any atom is -0.345 e. The summed E-state index contributed by atoms with van der Waals surface area (Å²) < 4.78 is 1.70. The van der Waals surface area contributed by atoms with Crippen molar-refractivity contribution < 1.29 is 0 Å². The number of nitrogens with zero attached hydrogens (tertiary/aromatic N) is 5. The van der Waals surface area contributed by atoms with Crippen LogP contribution in [0.3, 0.4) is 0 Å². The molecule has 26 heavy (non-hydrogen) atoms. The van der Waals surface area contributed by atoms with Crippen LogP contribution < -0.4 is 10.5 Å². The van der Waals surface area contributed by atoms with Crippen LogP contribution in [0.1, 0.15) is 42.4 Å². The first-order valence-electron chi connectivity index (χ1n) is 9.30. The predicted octanol–water partition coefficient (Wildman–Crippen LogP) is 2.55. The lowest BCUT2D eigenvalue weighted by molar-refractivity contribution is 0.605. The monoisotopic (exact) mass is 347 g/mol. The van der Waals surface area contributed by atoms with Gasteiger partial charge in [-0.2, -0.15) is 5.10 Å². The molecular weight excluding hydrogens is 326 g/mol. The SMILES string of the molecule is Cn1c(C2CCCN2c2cc3c(nn2)CCC3)nc2ccccc2c1=O. The molecule has 1 aromatic carbocycles. The molecule has 0 radical (unpaired) electrons. The minimum atomic E-state index is 0.0116. The predicted molar refractivity (Wildman–Crippen MR) is 100 cm³/mol. The molecule has 2 aliphatic rings. The van der Waals surface area contributed by atoms with Gasteiger partial charge < -0.3 is 4.90 Å². The van der Waals surface area contributed by atoms with Crippen LogP contribution in [-0.4, -0.2) is 26.3 Å². The fourth-order valence-corrected chi connectivity index (χ4v) is 4.30. The summed E-state index contributed by atoms with van der Waals surface area (Å²) in [6, 6.07) is 9.81. The van der Waals surface area contributed by atoms with E-state index in [1.807, 2.05) is 31.3 Å². The highest BCUT2D eigenvalue weighted by molar-refractivity contribution is 5.77. The quantitative estimate of drug-likeness (QED) is 0.713. The van der Waals surface area contributed by atoms with Crippen molar-refractivity contribution >= 4 is 16.7 Å². The number of aromatic nitrogens is 4. The first-order chi connectivity index (χ1) is 12.7. The highest BCUT2D eigenvalue weighted by atomic mass is 16.1.